The van der Waals surface area contributed by atoms with E-state index in [2.05, 4.69) is 10.6 Å². The molecule has 0 aliphatic heterocycles. The molecule has 156 valence electrons. The van der Waals surface area contributed by atoms with Gasteiger partial charge < -0.3 is 10.6 Å². The summed E-state index contributed by atoms with van der Waals surface area (Å²) in [6.45, 7) is 3.07. The van der Waals surface area contributed by atoms with Gasteiger partial charge in [-0.05, 0) is 35.9 Å². The quantitative estimate of drug-likeness (QED) is 0.635. The lowest BCUT2D eigenvalue weighted by atomic mass is 10.2. The summed E-state index contributed by atoms with van der Waals surface area (Å²) in [5.74, 6) is -0.716. The fourth-order valence-electron chi connectivity index (χ4n) is 2.46. The van der Waals surface area contributed by atoms with E-state index in [4.69, 9.17) is 23.2 Å². The first kappa shape index (κ1) is 23.2. The van der Waals surface area contributed by atoms with E-state index in [1.165, 1.54) is 31.2 Å². The first-order valence-corrected chi connectivity index (χ1v) is 10.9. The average Bonchev–Trinajstić information content (AvgIpc) is 2.67. The standard InChI is InChI=1S/C19H21Cl2N3O4S/c1-3-24(12-19(26)23-18-10-15(20)6-9-17(18)21)29(27,28)16-7-4-14(5-8-16)11-22-13(2)25/h4-10H,3,11-12H2,1-2H3,(H,22,25)(H,23,26). The molecule has 0 spiro atoms. The van der Waals surface area contributed by atoms with Gasteiger partial charge in [0.05, 0.1) is 22.2 Å². The summed E-state index contributed by atoms with van der Waals surface area (Å²) in [4.78, 5) is 23.4. The van der Waals surface area contributed by atoms with Gasteiger partial charge in [-0.2, -0.15) is 4.31 Å². The first-order valence-electron chi connectivity index (χ1n) is 8.72. The van der Waals surface area contributed by atoms with Crippen molar-refractivity contribution >= 4 is 50.7 Å². The van der Waals surface area contributed by atoms with E-state index in [0.29, 0.717) is 22.3 Å². The van der Waals surface area contributed by atoms with Gasteiger partial charge in [-0.1, -0.05) is 42.3 Å². The molecule has 2 aromatic carbocycles. The molecule has 0 aliphatic rings. The molecule has 0 bridgehead atoms. The molecule has 0 radical (unpaired) electrons. The molecular weight excluding hydrogens is 437 g/mol. The van der Waals surface area contributed by atoms with Crippen molar-refractivity contribution in [2.75, 3.05) is 18.4 Å². The van der Waals surface area contributed by atoms with Crippen molar-refractivity contribution in [2.45, 2.75) is 25.3 Å². The topological polar surface area (TPSA) is 95.6 Å². The lowest BCUT2D eigenvalue weighted by Gasteiger charge is -2.20. The minimum absolute atomic E-state index is 0.0551. The van der Waals surface area contributed by atoms with E-state index in [9.17, 15) is 18.0 Å². The molecule has 2 N–H and O–H groups in total. The molecule has 0 unspecified atom stereocenters. The molecule has 0 atom stereocenters. The third-order valence-corrected chi connectivity index (χ3v) is 6.48. The van der Waals surface area contributed by atoms with E-state index in [-0.39, 0.29) is 23.9 Å². The molecular formula is C19H21Cl2N3O4S. The van der Waals surface area contributed by atoms with Gasteiger partial charge in [-0.25, -0.2) is 8.42 Å². The van der Waals surface area contributed by atoms with Gasteiger partial charge in [0.2, 0.25) is 21.8 Å². The zero-order valence-corrected chi connectivity index (χ0v) is 18.2. The number of nitrogens with one attached hydrogen (secondary N) is 2. The molecule has 0 fully saturated rings. The van der Waals surface area contributed by atoms with Crippen LogP contribution in [-0.2, 0) is 26.2 Å². The number of sulfonamides is 1. The van der Waals surface area contributed by atoms with Crippen LogP contribution in [0.3, 0.4) is 0 Å². The fraction of sp³-hybridized carbons (Fsp3) is 0.263. The number of benzene rings is 2. The average molecular weight is 458 g/mol. The summed E-state index contributed by atoms with van der Waals surface area (Å²) in [7, 11) is -3.88. The van der Waals surface area contributed by atoms with Gasteiger partial charge >= 0.3 is 0 Å². The Balaban J connectivity index is 2.11. The summed E-state index contributed by atoms with van der Waals surface area (Å²) < 4.78 is 26.8. The van der Waals surface area contributed by atoms with Crippen LogP contribution in [0, 0.1) is 0 Å². The van der Waals surface area contributed by atoms with Crippen molar-refractivity contribution in [3.8, 4) is 0 Å². The maximum absolute atomic E-state index is 12.9. The van der Waals surface area contributed by atoms with Crippen LogP contribution in [0.2, 0.25) is 10.0 Å². The number of hydrogen-bond acceptors (Lipinski definition) is 4. The largest absolute Gasteiger partial charge is 0.352 e. The van der Waals surface area contributed by atoms with Crippen LogP contribution in [0.5, 0.6) is 0 Å². The maximum Gasteiger partial charge on any atom is 0.243 e. The Bertz CT molecular complexity index is 995. The monoisotopic (exact) mass is 457 g/mol. The van der Waals surface area contributed by atoms with Gasteiger partial charge in [-0.15, -0.1) is 0 Å². The Hall–Kier alpha value is -2.13. The number of rotatable bonds is 8. The van der Waals surface area contributed by atoms with E-state index < -0.39 is 15.9 Å². The van der Waals surface area contributed by atoms with Crippen LogP contribution in [0.15, 0.2) is 47.4 Å². The predicted octanol–water partition coefficient (Wildman–Crippen LogP) is 3.28. The lowest BCUT2D eigenvalue weighted by Crippen LogP contribution is -2.37. The predicted molar refractivity (Wildman–Crippen MR) is 113 cm³/mol. The van der Waals surface area contributed by atoms with Crippen LogP contribution in [0.1, 0.15) is 19.4 Å². The Morgan fingerprint density at radius 3 is 2.31 bits per heavy atom. The highest BCUT2D eigenvalue weighted by molar-refractivity contribution is 7.89. The van der Waals surface area contributed by atoms with Gasteiger partial charge in [0, 0.05) is 25.0 Å². The molecule has 7 nitrogen and oxygen atoms in total. The normalized spacial score (nSPS) is 11.3. The lowest BCUT2D eigenvalue weighted by molar-refractivity contribution is -0.119. The van der Waals surface area contributed by atoms with Gasteiger partial charge in [0.1, 0.15) is 0 Å². The van der Waals surface area contributed by atoms with Crippen molar-refractivity contribution in [3.05, 3.63) is 58.1 Å². The Morgan fingerprint density at radius 2 is 1.72 bits per heavy atom. The maximum atomic E-state index is 12.9. The highest BCUT2D eigenvalue weighted by atomic mass is 35.5. The molecule has 2 aromatic rings. The number of amides is 2. The molecule has 10 heteroatoms. The second kappa shape index (κ2) is 10.1. The van der Waals surface area contributed by atoms with Crippen molar-refractivity contribution in [1.82, 2.24) is 9.62 Å². The number of likely N-dealkylation sites (N-methyl/N-ethyl adjacent to an activating group) is 1. The second-order valence-electron chi connectivity index (χ2n) is 6.16. The van der Waals surface area contributed by atoms with Gasteiger partial charge in [0.15, 0.2) is 0 Å². The van der Waals surface area contributed by atoms with E-state index in [1.807, 2.05) is 0 Å². The number of anilines is 1. The Morgan fingerprint density at radius 1 is 1.07 bits per heavy atom. The molecule has 0 saturated carbocycles. The van der Waals surface area contributed by atoms with Gasteiger partial charge in [-0.3, -0.25) is 9.59 Å². The number of halogens is 2. The SMILES string of the molecule is CCN(CC(=O)Nc1cc(Cl)ccc1Cl)S(=O)(=O)c1ccc(CNC(C)=O)cc1. The first-order chi connectivity index (χ1) is 13.6. The zero-order chi connectivity index (χ0) is 21.6. The Labute approximate surface area is 180 Å². The third-order valence-electron chi connectivity index (χ3n) is 3.98. The van der Waals surface area contributed by atoms with Crippen molar-refractivity contribution in [3.63, 3.8) is 0 Å². The number of hydrogen-bond donors (Lipinski definition) is 2. The zero-order valence-electron chi connectivity index (χ0n) is 15.9. The number of carbonyl (C=O) groups is 2. The second-order valence-corrected chi connectivity index (χ2v) is 8.94. The molecule has 0 aromatic heterocycles. The third kappa shape index (κ3) is 6.43. The minimum Gasteiger partial charge on any atom is -0.352 e. The highest BCUT2D eigenvalue weighted by Gasteiger charge is 2.25. The molecule has 29 heavy (non-hydrogen) atoms. The highest BCUT2D eigenvalue weighted by Crippen LogP contribution is 2.25. The smallest absolute Gasteiger partial charge is 0.243 e. The summed E-state index contributed by atoms with van der Waals surface area (Å²) in [5.41, 5.74) is 1.07. The van der Waals surface area contributed by atoms with E-state index in [1.54, 1.807) is 25.1 Å². The van der Waals surface area contributed by atoms with Crippen LogP contribution < -0.4 is 10.6 Å². The fourth-order valence-corrected chi connectivity index (χ4v) is 4.21. The molecule has 0 heterocycles. The van der Waals surface area contributed by atoms with Crippen molar-refractivity contribution < 1.29 is 18.0 Å². The van der Waals surface area contributed by atoms with Crippen molar-refractivity contribution in [2.24, 2.45) is 0 Å². The molecule has 2 amide bonds. The number of nitrogens with zero attached hydrogens (tertiary/aromatic N) is 1. The molecule has 0 saturated heterocycles. The molecule has 0 aliphatic carbocycles. The van der Waals surface area contributed by atoms with E-state index >= 15 is 0 Å². The van der Waals surface area contributed by atoms with Gasteiger partial charge in [0.25, 0.3) is 0 Å². The summed E-state index contributed by atoms with van der Waals surface area (Å²) in [6, 6.07) is 10.7. The van der Waals surface area contributed by atoms with Crippen LogP contribution in [-0.4, -0.2) is 37.6 Å². The van der Waals surface area contributed by atoms with Crippen LogP contribution in [0.25, 0.3) is 0 Å². The minimum atomic E-state index is -3.88. The van der Waals surface area contributed by atoms with Crippen molar-refractivity contribution in [1.29, 1.82) is 0 Å². The number of carbonyl (C=O) groups excluding carboxylic acids is 2. The summed E-state index contributed by atoms with van der Waals surface area (Å²) >= 11 is 11.9. The summed E-state index contributed by atoms with van der Waals surface area (Å²) in [6.07, 6.45) is 0. The molecule has 2 rings (SSSR count). The van der Waals surface area contributed by atoms with E-state index in [0.717, 1.165) is 9.87 Å². The Kier molecular flexibility index (Phi) is 8.04. The van der Waals surface area contributed by atoms with Crippen LogP contribution >= 0.6 is 23.2 Å². The van der Waals surface area contributed by atoms with Crippen LogP contribution in [0.4, 0.5) is 5.69 Å². The summed E-state index contributed by atoms with van der Waals surface area (Å²) in [5, 5.41) is 5.90.